The number of sulfonamides is 1. The van der Waals surface area contributed by atoms with Crippen LogP contribution in [0.5, 0.6) is 0 Å². The van der Waals surface area contributed by atoms with Crippen LogP contribution in [0.4, 0.5) is 0 Å². The van der Waals surface area contributed by atoms with Gasteiger partial charge in [0.1, 0.15) is 0 Å². The number of rotatable bonds is 6. The number of carbonyl (C=O) groups excluding carboxylic acids is 1. The highest BCUT2D eigenvalue weighted by molar-refractivity contribution is 7.89. The first-order chi connectivity index (χ1) is 9.44. The molecule has 1 atom stereocenters. The summed E-state index contributed by atoms with van der Waals surface area (Å²) in [7, 11) is -2.32. The van der Waals surface area contributed by atoms with Gasteiger partial charge in [0.05, 0.1) is 17.6 Å². The van der Waals surface area contributed by atoms with Crippen molar-refractivity contribution in [2.75, 3.05) is 13.7 Å². The molecular weight excluding hydrogens is 316 g/mol. The number of hydrogen-bond donors (Lipinski definition) is 2. The van der Waals surface area contributed by atoms with E-state index >= 15 is 0 Å². The smallest absolute Gasteiger partial charge is 0.337 e. The summed E-state index contributed by atoms with van der Waals surface area (Å²) in [6, 6.07) is 5.44. The van der Waals surface area contributed by atoms with E-state index in [0.29, 0.717) is 11.5 Å². The van der Waals surface area contributed by atoms with E-state index in [-0.39, 0.29) is 29.9 Å². The number of nitrogens with two attached hydrogens (primary N) is 1. The van der Waals surface area contributed by atoms with Crippen LogP contribution in [0.25, 0.3) is 0 Å². The minimum Gasteiger partial charge on any atom is -0.465 e. The van der Waals surface area contributed by atoms with Crippen LogP contribution in [0, 0.1) is 5.92 Å². The zero-order valence-electron chi connectivity index (χ0n) is 11.6. The largest absolute Gasteiger partial charge is 0.465 e. The maximum absolute atomic E-state index is 12.0. The van der Waals surface area contributed by atoms with Crippen LogP contribution in [0.15, 0.2) is 29.2 Å². The molecule has 0 amide bonds. The van der Waals surface area contributed by atoms with Crippen molar-refractivity contribution < 1.29 is 17.9 Å². The summed E-state index contributed by atoms with van der Waals surface area (Å²) in [4.78, 5) is 11.4. The van der Waals surface area contributed by atoms with Gasteiger partial charge in [0, 0.05) is 12.6 Å². The molecule has 0 aliphatic heterocycles. The molecule has 0 bridgehead atoms. The van der Waals surface area contributed by atoms with E-state index in [9.17, 15) is 13.2 Å². The first-order valence-corrected chi connectivity index (χ1v) is 7.86. The van der Waals surface area contributed by atoms with Crippen LogP contribution in [0.3, 0.4) is 0 Å². The minimum absolute atomic E-state index is 0. The molecule has 0 spiro atoms. The SMILES string of the molecule is COC(=O)c1ccc(S(=O)(=O)NCC(N)C2CC2)cc1.Cl. The summed E-state index contributed by atoms with van der Waals surface area (Å²) in [6.07, 6.45) is 2.13. The fourth-order valence-corrected chi connectivity index (χ4v) is 2.94. The zero-order chi connectivity index (χ0) is 14.8. The van der Waals surface area contributed by atoms with Gasteiger partial charge in [0.15, 0.2) is 0 Å². The monoisotopic (exact) mass is 334 g/mol. The van der Waals surface area contributed by atoms with Gasteiger partial charge in [-0.1, -0.05) is 0 Å². The fourth-order valence-electron chi connectivity index (χ4n) is 1.87. The lowest BCUT2D eigenvalue weighted by molar-refractivity contribution is 0.0600. The van der Waals surface area contributed by atoms with E-state index in [1.54, 1.807) is 0 Å². The second-order valence-corrected chi connectivity index (χ2v) is 6.64. The van der Waals surface area contributed by atoms with Gasteiger partial charge in [0.2, 0.25) is 10.0 Å². The molecule has 1 aromatic carbocycles. The maximum atomic E-state index is 12.0. The van der Waals surface area contributed by atoms with Gasteiger partial charge < -0.3 is 10.5 Å². The van der Waals surface area contributed by atoms with Gasteiger partial charge >= 0.3 is 5.97 Å². The molecule has 21 heavy (non-hydrogen) atoms. The summed E-state index contributed by atoms with van der Waals surface area (Å²) in [5.41, 5.74) is 6.16. The Morgan fingerprint density at radius 3 is 2.43 bits per heavy atom. The molecule has 1 aliphatic rings. The van der Waals surface area contributed by atoms with Crippen molar-refractivity contribution >= 4 is 28.4 Å². The van der Waals surface area contributed by atoms with E-state index < -0.39 is 16.0 Å². The molecule has 0 radical (unpaired) electrons. The molecule has 1 aliphatic carbocycles. The summed E-state index contributed by atoms with van der Waals surface area (Å²) in [5, 5.41) is 0. The third-order valence-corrected chi connectivity index (χ3v) is 4.76. The number of halogens is 1. The molecule has 1 aromatic rings. The van der Waals surface area contributed by atoms with Crippen molar-refractivity contribution in [3.8, 4) is 0 Å². The van der Waals surface area contributed by atoms with E-state index in [1.807, 2.05) is 0 Å². The quantitative estimate of drug-likeness (QED) is 0.753. The second-order valence-electron chi connectivity index (χ2n) is 4.87. The van der Waals surface area contributed by atoms with Gasteiger partial charge in [0.25, 0.3) is 0 Å². The molecule has 0 aromatic heterocycles. The molecule has 0 heterocycles. The first-order valence-electron chi connectivity index (χ1n) is 6.37. The van der Waals surface area contributed by atoms with Gasteiger partial charge in [-0.05, 0) is 43.0 Å². The third kappa shape index (κ3) is 4.67. The first kappa shape index (κ1) is 17.9. The molecule has 1 unspecified atom stereocenters. The lowest BCUT2D eigenvalue weighted by Gasteiger charge is -2.12. The Morgan fingerprint density at radius 2 is 1.95 bits per heavy atom. The Hall–Kier alpha value is -1.15. The van der Waals surface area contributed by atoms with E-state index in [2.05, 4.69) is 9.46 Å². The van der Waals surface area contributed by atoms with Crippen LogP contribution in [0.1, 0.15) is 23.2 Å². The van der Waals surface area contributed by atoms with Crippen LogP contribution >= 0.6 is 12.4 Å². The Morgan fingerprint density at radius 1 is 1.38 bits per heavy atom. The molecule has 118 valence electrons. The Labute approximate surface area is 130 Å². The third-order valence-electron chi connectivity index (χ3n) is 3.32. The maximum Gasteiger partial charge on any atom is 0.337 e. The lowest BCUT2D eigenvalue weighted by atomic mass is 10.2. The summed E-state index contributed by atoms with van der Waals surface area (Å²) in [6.45, 7) is 0.228. The summed E-state index contributed by atoms with van der Waals surface area (Å²) in [5.74, 6) is -0.0722. The highest BCUT2D eigenvalue weighted by Crippen LogP contribution is 2.31. The van der Waals surface area contributed by atoms with Gasteiger partial charge in [-0.15, -0.1) is 12.4 Å². The zero-order valence-corrected chi connectivity index (χ0v) is 13.2. The van der Waals surface area contributed by atoms with Crippen molar-refractivity contribution in [1.29, 1.82) is 0 Å². The second kappa shape index (κ2) is 7.22. The van der Waals surface area contributed by atoms with Crippen molar-refractivity contribution in [3.63, 3.8) is 0 Å². The number of carbonyl (C=O) groups is 1. The Bertz CT molecular complexity index is 585. The van der Waals surface area contributed by atoms with Crippen molar-refractivity contribution in [3.05, 3.63) is 29.8 Å². The standard InChI is InChI=1S/C13H18N2O4S.ClH/c1-19-13(16)10-4-6-11(7-5-10)20(17,18)15-8-12(14)9-2-3-9;/h4-7,9,12,15H,2-3,8,14H2,1H3;1H. The molecule has 2 rings (SSSR count). The van der Waals surface area contributed by atoms with Crippen LogP contribution in [-0.2, 0) is 14.8 Å². The number of benzene rings is 1. The normalized spacial score (nSPS) is 15.9. The highest BCUT2D eigenvalue weighted by atomic mass is 35.5. The number of nitrogens with one attached hydrogen (secondary N) is 1. The summed E-state index contributed by atoms with van der Waals surface area (Å²) >= 11 is 0. The van der Waals surface area contributed by atoms with Crippen molar-refractivity contribution in [1.82, 2.24) is 4.72 Å². The van der Waals surface area contributed by atoms with Crippen LogP contribution < -0.4 is 10.5 Å². The molecule has 3 N–H and O–H groups in total. The van der Waals surface area contributed by atoms with Crippen molar-refractivity contribution in [2.45, 2.75) is 23.8 Å². The molecule has 8 heteroatoms. The van der Waals surface area contributed by atoms with Gasteiger partial charge in [-0.2, -0.15) is 0 Å². The average Bonchev–Trinajstić information content (AvgIpc) is 3.28. The predicted molar refractivity (Wildman–Crippen MR) is 80.9 cm³/mol. The number of methoxy groups -OCH3 is 1. The van der Waals surface area contributed by atoms with Crippen LogP contribution in [0.2, 0.25) is 0 Å². The van der Waals surface area contributed by atoms with E-state index in [1.165, 1.54) is 31.4 Å². The number of ether oxygens (including phenoxy) is 1. The van der Waals surface area contributed by atoms with Crippen molar-refractivity contribution in [2.24, 2.45) is 11.7 Å². The lowest BCUT2D eigenvalue weighted by Crippen LogP contribution is -2.38. The summed E-state index contributed by atoms with van der Waals surface area (Å²) < 4.78 is 31.1. The minimum atomic E-state index is -3.59. The predicted octanol–water partition coefficient (Wildman–Crippen LogP) is 0.911. The topological polar surface area (TPSA) is 98.5 Å². The van der Waals surface area contributed by atoms with Crippen LogP contribution in [-0.4, -0.2) is 34.1 Å². The van der Waals surface area contributed by atoms with E-state index in [0.717, 1.165) is 12.8 Å². The Balaban J connectivity index is 0.00000220. The fraction of sp³-hybridized carbons (Fsp3) is 0.462. The highest BCUT2D eigenvalue weighted by Gasteiger charge is 2.29. The van der Waals surface area contributed by atoms with Gasteiger partial charge in [-0.25, -0.2) is 17.9 Å². The van der Waals surface area contributed by atoms with E-state index in [4.69, 9.17) is 5.73 Å². The molecular formula is C13H19ClN2O4S. The molecule has 6 nitrogen and oxygen atoms in total. The molecule has 1 fully saturated rings. The molecule has 0 saturated heterocycles. The number of hydrogen-bond acceptors (Lipinski definition) is 5. The Kier molecular flexibility index (Phi) is 6.15. The van der Waals surface area contributed by atoms with Gasteiger partial charge in [-0.3, -0.25) is 0 Å². The number of esters is 1. The average molecular weight is 335 g/mol. The molecule has 1 saturated carbocycles.